The Labute approximate surface area is 181 Å². The van der Waals surface area contributed by atoms with Crippen LogP contribution in [0, 0.1) is 0 Å². The zero-order valence-corrected chi connectivity index (χ0v) is 18.4. The largest absolute Gasteiger partial charge is 0.497 e. The monoisotopic (exact) mass is 454 g/mol. The molecule has 1 saturated heterocycles. The van der Waals surface area contributed by atoms with Crippen LogP contribution in [-0.2, 0) is 6.54 Å². The number of amidine groups is 1. The molecule has 0 N–H and O–H groups in total. The number of benzene rings is 2. The molecule has 0 spiro atoms. The third kappa shape index (κ3) is 4.01. The molecule has 29 heavy (non-hydrogen) atoms. The molecule has 2 fully saturated rings. The minimum Gasteiger partial charge on any atom is -0.497 e. The van der Waals surface area contributed by atoms with Gasteiger partial charge in [-0.1, -0.05) is 28.1 Å². The first-order chi connectivity index (χ1) is 14.2. The molecule has 1 saturated carbocycles. The number of piperazine rings is 1. The van der Waals surface area contributed by atoms with Crippen LogP contribution in [0.15, 0.2) is 51.9 Å². The fraction of sp³-hybridized carbons (Fsp3) is 0.435. The minimum atomic E-state index is 0.702. The zero-order valence-electron chi connectivity index (χ0n) is 16.9. The summed E-state index contributed by atoms with van der Waals surface area (Å²) in [7, 11) is 1.72. The minimum absolute atomic E-state index is 0.702. The van der Waals surface area contributed by atoms with Crippen molar-refractivity contribution in [2.75, 3.05) is 44.7 Å². The Bertz CT molecular complexity index is 919. The number of nitrogens with zero attached hydrogens (tertiary/aromatic N) is 4. The number of aliphatic imine (C=N–C) groups is 1. The van der Waals surface area contributed by atoms with Crippen LogP contribution in [0.2, 0.25) is 0 Å². The molecule has 2 aromatic carbocycles. The van der Waals surface area contributed by atoms with Gasteiger partial charge in [0.2, 0.25) is 0 Å². The summed E-state index contributed by atoms with van der Waals surface area (Å²) in [5.41, 5.74) is 3.71. The van der Waals surface area contributed by atoms with E-state index in [1.165, 1.54) is 29.9 Å². The highest BCUT2D eigenvalue weighted by molar-refractivity contribution is 9.10. The molecule has 0 bridgehead atoms. The van der Waals surface area contributed by atoms with Gasteiger partial charge >= 0.3 is 0 Å². The second-order valence-electron chi connectivity index (χ2n) is 8.10. The van der Waals surface area contributed by atoms with E-state index in [4.69, 9.17) is 9.73 Å². The highest BCUT2D eigenvalue weighted by atomic mass is 79.9. The van der Waals surface area contributed by atoms with Gasteiger partial charge in [0, 0.05) is 43.2 Å². The molecule has 2 aromatic rings. The van der Waals surface area contributed by atoms with E-state index < -0.39 is 0 Å². The lowest BCUT2D eigenvalue weighted by atomic mass is 10.1. The van der Waals surface area contributed by atoms with Gasteiger partial charge in [-0.2, -0.15) is 0 Å². The summed E-state index contributed by atoms with van der Waals surface area (Å²) in [6.45, 7) is 6.04. The molecule has 2 aliphatic heterocycles. The molecule has 2 heterocycles. The van der Waals surface area contributed by atoms with Crippen molar-refractivity contribution < 1.29 is 4.74 Å². The van der Waals surface area contributed by atoms with Gasteiger partial charge in [-0.3, -0.25) is 4.90 Å². The van der Waals surface area contributed by atoms with Crippen LogP contribution < -0.4 is 9.64 Å². The highest BCUT2D eigenvalue weighted by Gasteiger charge is 2.34. The number of anilines is 1. The molecule has 6 heteroatoms. The number of ether oxygens (including phenoxy) is 1. The Kier molecular flexibility index (Phi) is 5.22. The topological polar surface area (TPSA) is 31.3 Å². The van der Waals surface area contributed by atoms with Crippen molar-refractivity contribution in [2.24, 2.45) is 4.99 Å². The molecular formula is C23H27BrN4O. The predicted octanol–water partition coefficient (Wildman–Crippen LogP) is 4.29. The van der Waals surface area contributed by atoms with Crippen molar-refractivity contribution in [3.63, 3.8) is 0 Å². The van der Waals surface area contributed by atoms with E-state index in [0.29, 0.717) is 6.04 Å². The lowest BCUT2D eigenvalue weighted by molar-refractivity contribution is 0.174. The fourth-order valence-corrected chi connectivity index (χ4v) is 4.67. The van der Waals surface area contributed by atoms with Crippen molar-refractivity contribution >= 4 is 33.1 Å². The second-order valence-corrected chi connectivity index (χ2v) is 8.95. The van der Waals surface area contributed by atoms with Crippen molar-refractivity contribution in [1.82, 2.24) is 9.80 Å². The summed E-state index contributed by atoms with van der Waals surface area (Å²) in [4.78, 5) is 12.6. The van der Waals surface area contributed by atoms with Gasteiger partial charge in [-0.15, -0.1) is 0 Å². The SMILES string of the molecule is COc1ccc(Br)c(CN2CCN(C3=Nc4ccccc4N(C4CC4)C3)CC2)c1. The van der Waals surface area contributed by atoms with E-state index in [1.807, 2.05) is 6.07 Å². The Morgan fingerprint density at radius 2 is 1.86 bits per heavy atom. The van der Waals surface area contributed by atoms with Crippen molar-refractivity contribution in [2.45, 2.75) is 25.4 Å². The Balaban J connectivity index is 1.26. The molecule has 152 valence electrons. The van der Waals surface area contributed by atoms with E-state index in [-0.39, 0.29) is 0 Å². The van der Waals surface area contributed by atoms with Crippen LogP contribution in [0.4, 0.5) is 11.4 Å². The Morgan fingerprint density at radius 1 is 1.07 bits per heavy atom. The molecular weight excluding hydrogens is 428 g/mol. The van der Waals surface area contributed by atoms with Crippen LogP contribution in [0.25, 0.3) is 0 Å². The van der Waals surface area contributed by atoms with Gasteiger partial charge in [0.1, 0.15) is 11.6 Å². The van der Waals surface area contributed by atoms with E-state index in [9.17, 15) is 0 Å². The lowest BCUT2D eigenvalue weighted by Crippen LogP contribution is -2.52. The number of para-hydroxylation sites is 2. The molecule has 0 unspecified atom stereocenters. The number of fused-ring (bicyclic) bond motifs is 1. The van der Waals surface area contributed by atoms with Crippen LogP contribution in [0.5, 0.6) is 5.75 Å². The third-order valence-electron chi connectivity index (χ3n) is 6.12. The van der Waals surface area contributed by atoms with Gasteiger partial charge in [0.15, 0.2) is 0 Å². The maximum absolute atomic E-state index is 5.39. The summed E-state index contributed by atoms with van der Waals surface area (Å²) < 4.78 is 6.54. The van der Waals surface area contributed by atoms with E-state index in [1.54, 1.807) is 7.11 Å². The number of rotatable bonds is 4. The molecule has 3 aliphatic rings. The van der Waals surface area contributed by atoms with Crippen molar-refractivity contribution in [3.8, 4) is 5.75 Å². The van der Waals surface area contributed by atoms with Gasteiger partial charge < -0.3 is 14.5 Å². The first-order valence-corrected chi connectivity index (χ1v) is 11.2. The van der Waals surface area contributed by atoms with Gasteiger partial charge in [0.25, 0.3) is 0 Å². The van der Waals surface area contributed by atoms with Crippen LogP contribution >= 0.6 is 15.9 Å². The zero-order chi connectivity index (χ0) is 19.8. The lowest BCUT2D eigenvalue weighted by Gasteiger charge is -2.40. The normalized spacial score (nSPS) is 19.7. The maximum Gasteiger partial charge on any atom is 0.125 e. The number of hydrogen-bond donors (Lipinski definition) is 0. The third-order valence-corrected chi connectivity index (χ3v) is 6.90. The summed E-state index contributed by atoms with van der Waals surface area (Å²) in [6, 6.07) is 15.5. The Morgan fingerprint density at radius 3 is 2.62 bits per heavy atom. The summed E-state index contributed by atoms with van der Waals surface area (Å²) >= 11 is 3.68. The molecule has 5 rings (SSSR count). The smallest absolute Gasteiger partial charge is 0.125 e. The van der Waals surface area contributed by atoms with Gasteiger partial charge in [-0.25, -0.2) is 4.99 Å². The Hall–Kier alpha value is -2.05. The standard InChI is InChI=1S/C23H27BrN4O/c1-29-19-8-9-20(24)17(14-19)15-26-10-12-27(13-11-26)23-16-28(18-6-7-18)22-5-3-2-4-21(22)25-23/h2-5,8-9,14,18H,6-7,10-13,15-16H2,1H3. The summed E-state index contributed by atoms with van der Waals surface area (Å²) in [5.74, 6) is 2.15. The molecule has 5 nitrogen and oxygen atoms in total. The molecule has 0 radical (unpaired) electrons. The molecule has 0 amide bonds. The average Bonchev–Trinajstić information content (AvgIpc) is 3.60. The van der Waals surface area contributed by atoms with Crippen molar-refractivity contribution in [3.05, 3.63) is 52.5 Å². The van der Waals surface area contributed by atoms with Crippen LogP contribution in [0.3, 0.4) is 0 Å². The number of methoxy groups -OCH3 is 1. The molecule has 0 atom stereocenters. The average molecular weight is 455 g/mol. The molecule has 0 aromatic heterocycles. The fourth-order valence-electron chi connectivity index (χ4n) is 4.30. The van der Waals surface area contributed by atoms with Crippen LogP contribution in [0.1, 0.15) is 18.4 Å². The first kappa shape index (κ1) is 18.9. The highest BCUT2D eigenvalue weighted by Crippen LogP contribution is 2.39. The first-order valence-electron chi connectivity index (χ1n) is 10.4. The van der Waals surface area contributed by atoms with Crippen LogP contribution in [-0.4, -0.2) is 61.5 Å². The van der Waals surface area contributed by atoms with Crippen molar-refractivity contribution in [1.29, 1.82) is 0 Å². The predicted molar refractivity (Wildman–Crippen MR) is 121 cm³/mol. The van der Waals surface area contributed by atoms with E-state index >= 15 is 0 Å². The second kappa shape index (κ2) is 8.00. The summed E-state index contributed by atoms with van der Waals surface area (Å²) in [5, 5.41) is 0. The number of halogens is 1. The van der Waals surface area contributed by atoms with E-state index in [0.717, 1.165) is 55.2 Å². The maximum atomic E-state index is 5.39. The number of hydrogen-bond acceptors (Lipinski definition) is 5. The van der Waals surface area contributed by atoms with E-state index in [2.05, 4.69) is 67.0 Å². The molecule has 1 aliphatic carbocycles. The van der Waals surface area contributed by atoms with Gasteiger partial charge in [0.05, 0.1) is 25.0 Å². The summed E-state index contributed by atoms with van der Waals surface area (Å²) in [6.07, 6.45) is 2.62. The quantitative estimate of drug-likeness (QED) is 0.689. The van der Waals surface area contributed by atoms with Gasteiger partial charge in [-0.05, 0) is 48.7 Å².